The molecule has 1 saturated heterocycles. The highest BCUT2D eigenvalue weighted by atomic mass is 35.5. The summed E-state index contributed by atoms with van der Waals surface area (Å²) < 4.78 is 27.4. The van der Waals surface area contributed by atoms with Gasteiger partial charge in [-0.25, -0.2) is 8.78 Å². The Morgan fingerprint density at radius 1 is 1.19 bits per heavy atom. The Balaban J connectivity index is 0.00000161. The molecule has 3 nitrogen and oxygen atoms in total. The zero-order valence-electron chi connectivity index (χ0n) is 11.6. The second-order valence-electron chi connectivity index (χ2n) is 5.51. The zero-order valence-corrected chi connectivity index (χ0v) is 12.5. The van der Waals surface area contributed by atoms with Gasteiger partial charge in [0.05, 0.1) is 0 Å². The number of carbonyl (C=O) groups is 1. The van der Waals surface area contributed by atoms with Crippen LogP contribution >= 0.6 is 12.4 Å². The van der Waals surface area contributed by atoms with Gasteiger partial charge in [0.1, 0.15) is 11.6 Å². The number of halogens is 3. The van der Waals surface area contributed by atoms with Gasteiger partial charge >= 0.3 is 0 Å². The molecular weight excluding hydrogens is 298 g/mol. The van der Waals surface area contributed by atoms with Gasteiger partial charge in [0.15, 0.2) is 0 Å². The van der Waals surface area contributed by atoms with Crippen molar-refractivity contribution in [1.29, 1.82) is 0 Å². The number of nitrogens with one attached hydrogen (secondary N) is 1. The van der Waals surface area contributed by atoms with Gasteiger partial charge in [-0.15, -0.1) is 12.4 Å². The van der Waals surface area contributed by atoms with E-state index in [0.717, 1.165) is 26.1 Å². The van der Waals surface area contributed by atoms with E-state index in [1.807, 2.05) is 4.90 Å². The van der Waals surface area contributed by atoms with Crippen molar-refractivity contribution >= 4 is 18.3 Å². The molecule has 1 amide bonds. The van der Waals surface area contributed by atoms with Crippen LogP contribution < -0.4 is 5.32 Å². The van der Waals surface area contributed by atoms with Crippen LogP contribution in [0.2, 0.25) is 0 Å². The van der Waals surface area contributed by atoms with Crippen LogP contribution in [-0.2, 0) is 4.79 Å². The maximum atomic E-state index is 13.7. The second-order valence-corrected chi connectivity index (χ2v) is 5.51. The molecule has 0 aromatic heterocycles. The van der Waals surface area contributed by atoms with Crippen molar-refractivity contribution in [2.24, 2.45) is 5.92 Å². The van der Waals surface area contributed by atoms with E-state index < -0.39 is 11.6 Å². The third-order valence-corrected chi connectivity index (χ3v) is 4.13. The van der Waals surface area contributed by atoms with E-state index in [1.165, 1.54) is 18.2 Å². The second kappa shape index (κ2) is 6.71. The summed E-state index contributed by atoms with van der Waals surface area (Å²) >= 11 is 0. The molecule has 2 atom stereocenters. The summed E-state index contributed by atoms with van der Waals surface area (Å²) in [6.07, 6.45) is 1.48. The van der Waals surface area contributed by atoms with Crippen LogP contribution in [0.5, 0.6) is 0 Å². The first-order valence-corrected chi connectivity index (χ1v) is 7.12. The fourth-order valence-electron chi connectivity index (χ4n) is 2.95. The van der Waals surface area contributed by atoms with Crippen LogP contribution in [0.3, 0.4) is 0 Å². The summed E-state index contributed by atoms with van der Waals surface area (Å²) in [4.78, 5) is 14.2. The zero-order chi connectivity index (χ0) is 14.1. The summed E-state index contributed by atoms with van der Waals surface area (Å²) in [5.41, 5.74) is 0.0822. The van der Waals surface area contributed by atoms with E-state index in [2.05, 4.69) is 5.32 Å². The van der Waals surface area contributed by atoms with Crippen LogP contribution in [0.1, 0.15) is 24.3 Å². The summed E-state index contributed by atoms with van der Waals surface area (Å²) in [7, 11) is 0. The quantitative estimate of drug-likeness (QED) is 0.908. The lowest BCUT2D eigenvalue weighted by molar-refractivity contribution is -0.132. The average molecular weight is 317 g/mol. The Morgan fingerprint density at radius 2 is 1.90 bits per heavy atom. The minimum Gasteiger partial charge on any atom is -0.341 e. The molecule has 0 spiro atoms. The first-order valence-electron chi connectivity index (χ1n) is 7.12. The van der Waals surface area contributed by atoms with Crippen LogP contribution in [0.4, 0.5) is 8.78 Å². The van der Waals surface area contributed by atoms with Crippen molar-refractivity contribution in [1.82, 2.24) is 10.2 Å². The molecule has 1 aromatic rings. The molecule has 2 unspecified atom stereocenters. The fraction of sp³-hybridized carbons (Fsp3) is 0.533. The van der Waals surface area contributed by atoms with Crippen LogP contribution in [0.15, 0.2) is 18.2 Å². The summed E-state index contributed by atoms with van der Waals surface area (Å²) in [6, 6.07) is 3.87. The summed E-state index contributed by atoms with van der Waals surface area (Å²) in [5.74, 6) is -1.58. The van der Waals surface area contributed by atoms with Gasteiger partial charge < -0.3 is 10.2 Å². The van der Waals surface area contributed by atoms with E-state index in [1.54, 1.807) is 0 Å². The van der Waals surface area contributed by atoms with Crippen molar-refractivity contribution in [2.45, 2.75) is 18.8 Å². The number of rotatable bonds is 2. The van der Waals surface area contributed by atoms with Gasteiger partial charge in [0.2, 0.25) is 5.91 Å². The van der Waals surface area contributed by atoms with E-state index in [0.29, 0.717) is 13.0 Å². The number of carbonyl (C=O) groups excluding carboxylic acids is 1. The molecule has 1 aliphatic carbocycles. The maximum absolute atomic E-state index is 13.7. The molecule has 0 radical (unpaired) electrons. The smallest absolute Gasteiger partial charge is 0.226 e. The highest BCUT2D eigenvalue weighted by Gasteiger charge is 2.48. The van der Waals surface area contributed by atoms with Crippen LogP contribution in [-0.4, -0.2) is 37.0 Å². The number of hydrogen-bond acceptors (Lipinski definition) is 2. The minimum absolute atomic E-state index is 0. The topological polar surface area (TPSA) is 32.3 Å². The van der Waals surface area contributed by atoms with Crippen LogP contribution in [0, 0.1) is 17.6 Å². The number of amides is 1. The van der Waals surface area contributed by atoms with Crippen molar-refractivity contribution < 1.29 is 13.6 Å². The van der Waals surface area contributed by atoms with Gasteiger partial charge in [0.25, 0.3) is 0 Å². The normalized spacial score (nSPS) is 25.0. The lowest BCUT2D eigenvalue weighted by Crippen LogP contribution is -2.35. The molecule has 3 rings (SSSR count). The van der Waals surface area contributed by atoms with Crippen molar-refractivity contribution in [3.05, 3.63) is 35.4 Å². The number of hydrogen-bond donors (Lipinski definition) is 1. The number of nitrogens with zero attached hydrogens (tertiary/aromatic N) is 1. The SMILES string of the molecule is Cl.O=C(C1CC1c1c(F)cccc1F)N1CCCNCC1. The van der Waals surface area contributed by atoms with Crippen molar-refractivity contribution in [2.75, 3.05) is 26.2 Å². The average Bonchev–Trinajstić information content (AvgIpc) is 3.22. The molecule has 21 heavy (non-hydrogen) atoms. The molecule has 1 N–H and O–H groups in total. The largest absolute Gasteiger partial charge is 0.341 e. The lowest BCUT2D eigenvalue weighted by atomic mass is 10.1. The Hall–Kier alpha value is -1.20. The molecule has 1 aliphatic heterocycles. The monoisotopic (exact) mass is 316 g/mol. The standard InChI is InChI=1S/C15H18F2N2O.ClH/c16-12-3-1-4-13(17)14(12)10-9-11(10)15(20)19-7-2-5-18-6-8-19;/h1,3-4,10-11,18H,2,5-9H2;1H. The van der Waals surface area contributed by atoms with Crippen molar-refractivity contribution in [3.63, 3.8) is 0 Å². The Bertz CT molecular complexity index is 498. The molecule has 6 heteroatoms. The van der Waals surface area contributed by atoms with Gasteiger partial charge in [0, 0.05) is 37.0 Å². The highest BCUT2D eigenvalue weighted by Crippen LogP contribution is 2.50. The predicted molar refractivity (Wildman–Crippen MR) is 78.5 cm³/mol. The molecule has 2 aliphatic rings. The fourth-order valence-corrected chi connectivity index (χ4v) is 2.95. The molecule has 0 bridgehead atoms. The van der Waals surface area contributed by atoms with Gasteiger partial charge in [-0.3, -0.25) is 4.79 Å². The van der Waals surface area contributed by atoms with Crippen LogP contribution in [0.25, 0.3) is 0 Å². The first-order chi connectivity index (χ1) is 9.68. The van der Waals surface area contributed by atoms with Gasteiger partial charge in [-0.1, -0.05) is 6.07 Å². The maximum Gasteiger partial charge on any atom is 0.226 e. The predicted octanol–water partition coefficient (Wildman–Crippen LogP) is 2.31. The summed E-state index contributed by atoms with van der Waals surface area (Å²) in [6.45, 7) is 3.12. The Labute approximate surface area is 129 Å². The number of benzene rings is 1. The van der Waals surface area contributed by atoms with E-state index in [4.69, 9.17) is 0 Å². The summed E-state index contributed by atoms with van der Waals surface area (Å²) in [5, 5.41) is 3.24. The minimum atomic E-state index is -0.539. The third-order valence-electron chi connectivity index (χ3n) is 4.13. The van der Waals surface area contributed by atoms with E-state index >= 15 is 0 Å². The van der Waals surface area contributed by atoms with E-state index in [-0.39, 0.29) is 35.7 Å². The Kier molecular flexibility index (Phi) is 5.17. The molecule has 116 valence electrons. The molecule has 2 fully saturated rings. The van der Waals surface area contributed by atoms with Gasteiger partial charge in [-0.05, 0) is 31.5 Å². The van der Waals surface area contributed by atoms with E-state index in [9.17, 15) is 13.6 Å². The Morgan fingerprint density at radius 3 is 2.62 bits per heavy atom. The first kappa shape index (κ1) is 16.2. The molecule has 1 heterocycles. The van der Waals surface area contributed by atoms with Crippen molar-refractivity contribution in [3.8, 4) is 0 Å². The third kappa shape index (κ3) is 3.35. The highest BCUT2D eigenvalue weighted by molar-refractivity contribution is 5.85. The molecular formula is C15H19ClF2N2O. The lowest BCUT2D eigenvalue weighted by Gasteiger charge is -2.20. The van der Waals surface area contributed by atoms with Gasteiger partial charge in [-0.2, -0.15) is 0 Å². The molecule has 1 aromatic carbocycles. The molecule has 1 saturated carbocycles.